The van der Waals surface area contributed by atoms with E-state index in [0.29, 0.717) is 26.1 Å². The summed E-state index contributed by atoms with van der Waals surface area (Å²) in [5, 5.41) is 0.726. The summed E-state index contributed by atoms with van der Waals surface area (Å²) in [6.07, 6.45) is 0.374. The van der Waals surface area contributed by atoms with Gasteiger partial charge in [0.25, 0.3) is 0 Å². The first-order valence-corrected chi connectivity index (χ1v) is 6.03. The highest BCUT2D eigenvalue weighted by atomic mass is 35.5. The van der Waals surface area contributed by atoms with E-state index in [1.165, 1.54) is 0 Å². The van der Waals surface area contributed by atoms with E-state index >= 15 is 0 Å². The Morgan fingerprint density at radius 3 is 2.76 bits per heavy atom. The van der Waals surface area contributed by atoms with E-state index in [1.54, 1.807) is 0 Å². The van der Waals surface area contributed by atoms with Crippen LogP contribution in [0.3, 0.4) is 0 Å². The topological polar surface area (TPSA) is 35.5 Å². The smallest absolute Gasteiger partial charge is 0.164 e. The van der Waals surface area contributed by atoms with E-state index in [-0.39, 0.29) is 12.1 Å². The molecule has 1 fully saturated rings. The molecule has 0 spiro atoms. The third-order valence-electron chi connectivity index (χ3n) is 2.71. The van der Waals surface area contributed by atoms with E-state index in [4.69, 9.17) is 21.1 Å². The molecule has 1 aliphatic rings. The molecule has 1 aliphatic heterocycles. The molecule has 0 bridgehead atoms. The lowest BCUT2D eigenvalue weighted by Crippen LogP contribution is -2.15. The molecule has 2 rings (SSSR count). The van der Waals surface area contributed by atoms with Crippen LogP contribution in [0, 0.1) is 6.92 Å². The number of carbonyl (C=O) groups is 1. The van der Waals surface area contributed by atoms with Crippen molar-refractivity contribution < 1.29 is 14.3 Å². The Kier molecular flexibility index (Phi) is 4.15. The molecular weight excluding hydrogens is 240 g/mol. The molecule has 1 heterocycles. The van der Waals surface area contributed by atoms with Crippen molar-refractivity contribution in [2.75, 3.05) is 13.2 Å². The molecule has 1 saturated heterocycles. The van der Waals surface area contributed by atoms with Gasteiger partial charge in [-0.2, -0.15) is 0 Å². The molecule has 0 saturated carbocycles. The standard InChI is InChI=1S/C13H15ClO3/c1-9-6-10(2-3-12(9)14)7-11(15)8-13-16-4-5-17-13/h2-3,6,13H,4-5,7-8H2,1H3. The molecule has 0 radical (unpaired) electrons. The highest BCUT2D eigenvalue weighted by Gasteiger charge is 2.19. The first-order chi connectivity index (χ1) is 8.15. The number of ketones is 1. The zero-order valence-corrected chi connectivity index (χ0v) is 10.5. The summed E-state index contributed by atoms with van der Waals surface area (Å²) in [5.41, 5.74) is 1.97. The normalized spacial score (nSPS) is 16.4. The minimum absolute atomic E-state index is 0.124. The van der Waals surface area contributed by atoms with Crippen LogP contribution in [0.15, 0.2) is 18.2 Å². The number of hydrogen-bond donors (Lipinski definition) is 0. The third-order valence-corrected chi connectivity index (χ3v) is 3.13. The fraction of sp³-hybridized carbons (Fsp3) is 0.462. The van der Waals surface area contributed by atoms with Crippen LogP contribution in [0.5, 0.6) is 0 Å². The van der Waals surface area contributed by atoms with Gasteiger partial charge in [-0.15, -0.1) is 0 Å². The van der Waals surface area contributed by atoms with Crippen molar-refractivity contribution in [1.82, 2.24) is 0 Å². The summed E-state index contributed by atoms with van der Waals surface area (Å²) in [6.45, 7) is 3.09. The monoisotopic (exact) mass is 254 g/mol. The fourth-order valence-electron chi connectivity index (χ4n) is 1.83. The van der Waals surface area contributed by atoms with Crippen molar-refractivity contribution in [1.29, 1.82) is 0 Å². The molecule has 1 aromatic rings. The first kappa shape index (κ1) is 12.6. The highest BCUT2D eigenvalue weighted by Crippen LogP contribution is 2.17. The van der Waals surface area contributed by atoms with Gasteiger partial charge in [0, 0.05) is 11.4 Å². The molecule has 0 amide bonds. The molecule has 0 aromatic heterocycles. The second-order valence-electron chi connectivity index (χ2n) is 4.17. The Balaban J connectivity index is 1.90. The molecule has 3 nitrogen and oxygen atoms in total. The third kappa shape index (κ3) is 3.53. The van der Waals surface area contributed by atoms with Gasteiger partial charge in [-0.25, -0.2) is 0 Å². The largest absolute Gasteiger partial charge is 0.350 e. The second-order valence-corrected chi connectivity index (χ2v) is 4.58. The Bertz CT molecular complexity index is 411. The first-order valence-electron chi connectivity index (χ1n) is 5.65. The van der Waals surface area contributed by atoms with Crippen LogP contribution in [0.4, 0.5) is 0 Å². The Morgan fingerprint density at radius 2 is 2.12 bits per heavy atom. The molecular formula is C13H15ClO3. The van der Waals surface area contributed by atoms with Crippen LogP contribution >= 0.6 is 11.6 Å². The van der Waals surface area contributed by atoms with Gasteiger partial charge in [0.05, 0.1) is 19.6 Å². The van der Waals surface area contributed by atoms with Gasteiger partial charge >= 0.3 is 0 Å². The van der Waals surface area contributed by atoms with Crippen LogP contribution in [-0.4, -0.2) is 25.3 Å². The number of ether oxygens (including phenoxy) is 2. The second kappa shape index (κ2) is 5.63. The summed E-state index contributed by atoms with van der Waals surface area (Å²) in [6, 6.07) is 5.64. The van der Waals surface area contributed by atoms with Gasteiger partial charge in [-0.1, -0.05) is 23.7 Å². The summed E-state index contributed by atoms with van der Waals surface area (Å²) in [5.74, 6) is 0.124. The van der Waals surface area contributed by atoms with Crippen molar-refractivity contribution in [3.63, 3.8) is 0 Å². The minimum Gasteiger partial charge on any atom is -0.350 e. The Hall–Kier alpha value is -0.900. The Morgan fingerprint density at radius 1 is 1.41 bits per heavy atom. The van der Waals surface area contributed by atoms with E-state index in [2.05, 4.69) is 0 Å². The van der Waals surface area contributed by atoms with Gasteiger partial charge in [-0.05, 0) is 24.1 Å². The number of halogens is 1. The summed E-state index contributed by atoms with van der Waals surface area (Å²) in [7, 11) is 0. The van der Waals surface area contributed by atoms with Crippen molar-refractivity contribution in [2.24, 2.45) is 0 Å². The molecule has 0 aliphatic carbocycles. The SMILES string of the molecule is Cc1cc(CC(=O)CC2OCCO2)ccc1Cl. The van der Waals surface area contributed by atoms with Crippen LogP contribution < -0.4 is 0 Å². The number of rotatable bonds is 4. The maximum atomic E-state index is 11.8. The number of aryl methyl sites for hydroxylation is 1. The maximum absolute atomic E-state index is 11.8. The number of benzene rings is 1. The highest BCUT2D eigenvalue weighted by molar-refractivity contribution is 6.31. The maximum Gasteiger partial charge on any atom is 0.164 e. The average molecular weight is 255 g/mol. The average Bonchev–Trinajstić information content (AvgIpc) is 2.76. The minimum atomic E-state index is -0.351. The van der Waals surface area contributed by atoms with E-state index in [0.717, 1.165) is 16.1 Å². The predicted octanol–water partition coefficient (Wildman–Crippen LogP) is 2.52. The lowest BCUT2D eigenvalue weighted by molar-refractivity contribution is -0.126. The molecule has 0 unspecified atom stereocenters. The Labute approximate surface area is 106 Å². The molecule has 4 heteroatoms. The van der Waals surface area contributed by atoms with Crippen molar-refractivity contribution >= 4 is 17.4 Å². The van der Waals surface area contributed by atoms with E-state index in [9.17, 15) is 4.79 Å². The summed E-state index contributed by atoms with van der Waals surface area (Å²) >= 11 is 5.93. The van der Waals surface area contributed by atoms with Crippen molar-refractivity contribution in [2.45, 2.75) is 26.1 Å². The van der Waals surface area contributed by atoms with Crippen LogP contribution in [0.2, 0.25) is 5.02 Å². The zero-order chi connectivity index (χ0) is 12.3. The number of Topliss-reactive ketones (excluding diaryl/α,β-unsaturated/α-hetero) is 1. The molecule has 92 valence electrons. The van der Waals surface area contributed by atoms with Gasteiger partial charge in [0.2, 0.25) is 0 Å². The van der Waals surface area contributed by atoms with Crippen molar-refractivity contribution in [3.8, 4) is 0 Å². The lowest BCUT2D eigenvalue weighted by Gasteiger charge is -2.08. The molecule has 0 N–H and O–H groups in total. The van der Waals surface area contributed by atoms with Gasteiger partial charge in [0.15, 0.2) is 6.29 Å². The van der Waals surface area contributed by atoms with Gasteiger partial charge in [-0.3, -0.25) is 4.79 Å². The van der Waals surface area contributed by atoms with Crippen LogP contribution in [-0.2, 0) is 20.7 Å². The van der Waals surface area contributed by atoms with Crippen LogP contribution in [0.1, 0.15) is 17.5 Å². The number of carbonyl (C=O) groups excluding carboxylic acids is 1. The zero-order valence-electron chi connectivity index (χ0n) is 9.74. The number of hydrogen-bond acceptors (Lipinski definition) is 3. The van der Waals surface area contributed by atoms with E-state index in [1.807, 2.05) is 25.1 Å². The molecule has 1 aromatic carbocycles. The van der Waals surface area contributed by atoms with Gasteiger partial charge < -0.3 is 9.47 Å². The lowest BCUT2D eigenvalue weighted by atomic mass is 10.0. The predicted molar refractivity (Wildman–Crippen MR) is 65.2 cm³/mol. The fourth-order valence-corrected chi connectivity index (χ4v) is 1.95. The molecule has 0 atom stereocenters. The van der Waals surface area contributed by atoms with Crippen LogP contribution in [0.25, 0.3) is 0 Å². The van der Waals surface area contributed by atoms with Gasteiger partial charge in [0.1, 0.15) is 5.78 Å². The van der Waals surface area contributed by atoms with Crippen molar-refractivity contribution in [3.05, 3.63) is 34.3 Å². The summed E-state index contributed by atoms with van der Waals surface area (Å²) < 4.78 is 10.5. The molecule has 17 heavy (non-hydrogen) atoms. The summed E-state index contributed by atoms with van der Waals surface area (Å²) in [4.78, 5) is 11.8. The quantitative estimate of drug-likeness (QED) is 0.828. The van der Waals surface area contributed by atoms with E-state index < -0.39 is 0 Å².